The van der Waals surface area contributed by atoms with E-state index in [0.717, 1.165) is 6.20 Å². The molecule has 0 unspecified atom stereocenters. The monoisotopic (exact) mass is 391 g/mol. The Labute approximate surface area is 149 Å². The summed E-state index contributed by atoms with van der Waals surface area (Å²) in [4.78, 5) is 7.53. The Balaban J connectivity index is 1.64. The molecule has 0 spiro atoms. The lowest BCUT2D eigenvalue weighted by Crippen LogP contribution is -2.33. The molecule has 3 heterocycles. The first-order valence-corrected chi connectivity index (χ1v) is 9.71. The molecule has 7 nitrogen and oxygen atoms in total. The fraction of sp³-hybridized carbons (Fsp3) is 0.600. The number of nitrogens with one attached hydrogen (secondary N) is 1. The van der Waals surface area contributed by atoms with Crippen LogP contribution in [0.4, 0.5) is 13.2 Å². The van der Waals surface area contributed by atoms with Crippen LogP contribution in [-0.4, -0.2) is 34.1 Å². The number of halogens is 3. The first-order chi connectivity index (χ1) is 12.1. The molecule has 1 aliphatic heterocycles. The molecule has 0 fully saturated rings. The van der Waals surface area contributed by atoms with E-state index in [1.54, 1.807) is 4.57 Å². The molecule has 0 saturated heterocycles. The van der Waals surface area contributed by atoms with Gasteiger partial charge >= 0.3 is 6.18 Å². The molecule has 1 aliphatic rings. The molecule has 0 amide bonds. The second-order valence-corrected chi connectivity index (χ2v) is 8.42. The lowest BCUT2D eigenvalue weighted by atomic mass is 10.00. The van der Waals surface area contributed by atoms with Gasteiger partial charge in [0.2, 0.25) is 0 Å². The van der Waals surface area contributed by atoms with Crippen molar-refractivity contribution < 1.29 is 21.6 Å². The number of fused-ring (bicyclic) bond motifs is 1. The molecule has 1 atom stereocenters. The van der Waals surface area contributed by atoms with Crippen LogP contribution in [0.15, 0.2) is 23.7 Å². The molecule has 3 rings (SSSR count). The zero-order valence-electron chi connectivity index (χ0n) is 14.4. The average Bonchev–Trinajstić information content (AvgIpc) is 3.19. The zero-order valence-corrected chi connectivity index (χ0v) is 15.2. The van der Waals surface area contributed by atoms with Gasteiger partial charge in [-0.05, 0) is 26.2 Å². The van der Waals surface area contributed by atoms with Gasteiger partial charge in [-0.3, -0.25) is 0 Å². The van der Waals surface area contributed by atoms with E-state index < -0.39 is 21.9 Å². The molecule has 0 aliphatic carbocycles. The van der Waals surface area contributed by atoms with E-state index in [2.05, 4.69) is 14.7 Å². The largest absolute Gasteiger partial charge is 0.434 e. The van der Waals surface area contributed by atoms with Crippen molar-refractivity contribution in [3.63, 3.8) is 0 Å². The molecule has 144 valence electrons. The number of hydrogen-bond acceptors (Lipinski definition) is 4. The number of rotatable bonds is 5. The number of imidazole rings is 2. The molecule has 0 radical (unpaired) electrons. The van der Waals surface area contributed by atoms with Crippen LogP contribution in [0.5, 0.6) is 0 Å². The van der Waals surface area contributed by atoms with E-state index in [1.165, 1.54) is 17.1 Å². The predicted molar refractivity (Wildman–Crippen MR) is 86.8 cm³/mol. The third-order valence-corrected chi connectivity index (χ3v) is 5.70. The van der Waals surface area contributed by atoms with Crippen molar-refractivity contribution >= 4 is 10.0 Å². The van der Waals surface area contributed by atoms with Gasteiger partial charge in [-0.25, -0.2) is 23.1 Å². The predicted octanol–water partition coefficient (Wildman–Crippen LogP) is 2.22. The number of hydrogen-bond donors (Lipinski definition) is 1. The highest BCUT2D eigenvalue weighted by atomic mass is 32.2. The van der Waals surface area contributed by atoms with Crippen LogP contribution in [0, 0.1) is 5.92 Å². The quantitative estimate of drug-likeness (QED) is 0.847. The minimum Gasteiger partial charge on any atom is -0.334 e. The Morgan fingerprint density at radius 1 is 1.35 bits per heavy atom. The first kappa shape index (κ1) is 18.9. The number of nitrogens with zero attached hydrogens (tertiary/aromatic N) is 4. The smallest absolute Gasteiger partial charge is 0.334 e. The van der Waals surface area contributed by atoms with Crippen molar-refractivity contribution in [1.29, 1.82) is 0 Å². The number of sulfonamides is 1. The van der Waals surface area contributed by atoms with Gasteiger partial charge in [0.25, 0.3) is 10.0 Å². The fourth-order valence-corrected chi connectivity index (χ4v) is 3.91. The topological polar surface area (TPSA) is 81.8 Å². The van der Waals surface area contributed by atoms with Gasteiger partial charge in [0.15, 0.2) is 10.7 Å². The second kappa shape index (κ2) is 6.69. The normalized spacial score (nSPS) is 18.3. The van der Waals surface area contributed by atoms with E-state index in [-0.39, 0.29) is 23.5 Å². The Morgan fingerprint density at radius 3 is 2.69 bits per heavy atom. The van der Waals surface area contributed by atoms with Gasteiger partial charge in [0.05, 0.1) is 6.33 Å². The maximum absolute atomic E-state index is 12.7. The van der Waals surface area contributed by atoms with Crippen molar-refractivity contribution in [2.24, 2.45) is 5.92 Å². The van der Waals surface area contributed by atoms with E-state index in [1.807, 2.05) is 13.8 Å². The minimum atomic E-state index is -4.48. The van der Waals surface area contributed by atoms with Crippen molar-refractivity contribution in [2.75, 3.05) is 6.54 Å². The van der Waals surface area contributed by atoms with Crippen molar-refractivity contribution in [1.82, 2.24) is 23.8 Å². The third-order valence-electron chi connectivity index (χ3n) is 4.39. The van der Waals surface area contributed by atoms with E-state index in [0.29, 0.717) is 25.2 Å². The Hall–Kier alpha value is -1.88. The summed E-state index contributed by atoms with van der Waals surface area (Å²) in [5.41, 5.74) is -0.909. The summed E-state index contributed by atoms with van der Waals surface area (Å²) in [6.45, 7) is 4.24. The van der Waals surface area contributed by atoms with Crippen LogP contribution in [0.1, 0.15) is 37.8 Å². The standard InChI is InChI=1S/C15H20F3N5O2S/c1-10(2)23-8-14(19-9-23)26(24,25)20-5-11-3-4-13-21-12(15(16,17)18)7-22(13)6-11/h7-11,20H,3-6H2,1-2H3/t11-/m0/s1. The summed E-state index contributed by atoms with van der Waals surface area (Å²) in [5.74, 6) is 0.270. The van der Waals surface area contributed by atoms with Crippen LogP contribution in [0.25, 0.3) is 0 Å². The Kier molecular flexibility index (Phi) is 4.86. The van der Waals surface area contributed by atoms with Gasteiger partial charge in [-0.2, -0.15) is 13.2 Å². The van der Waals surface area contributed by atoms with Gasteiger partial charge < -0.3 is 9.13 Å². The molecule has 11 heteroatoms. The fourth-order valence-electron chi connectivity index (χ4n) is 2.86. The number of aromatic nitrogens is 4. The summed E-state index contributed by atoms with van der Waals surface area (Å²) in [7, 11) is -3.75. The number of aryl methyl sites for hydroxylation is 1. The summed E-state index contributed by atoms with van der Waals surface area (Å²) in [6.07, 6.45) is 0.367. The van der Waals surface area contributed by atoms with E-state index >= 15 is 0 Å². The summed E-state index contributed by atoms with van der Waals surface area (Å²) >= 11 is 0. The van der Waals surface area contributed by atoms with Crippen LogP contribution < -0.4 is 4.72 Å². The molecular formula is C15H20F3N5O2S. The highest BCUT2D eigenvalue weighted by Gasteiger charge is 2.36. The summed E-state index contributed by atoms with van der Waals surface area (Å²) < 4.78 is 68.6. The summed E-state index contributed by atoms with van der Waals surface area (Å²) in [6, 6.07) is 0.0901. The Bertz CT molecular complexity index is 885. The maximum atomic E-state index is 12.7. The molecule has 2 aromatic heterocycles. The first-order valence-electron chi connectivity index (χ1n) is 8.22. The van der Waals surface area contributed by atoms with Crippen molar-refractivity contribution in [3.05, 3.63) is 30.2 Å². The lowest BCUT2D eigenvalue weighted by molar-refractivity contribution is -0.141. The molecule has 0 saturated carbocycles. The molecular weight excluding hydrogens is 371 g/mol. The average molecular weight is 391 g/mol. The summed E-state index contributed by atoms with van der Waals surface area (Å²) in [5, 5.41) is -0.0651. The highest BCUT2D eigenvalue weighted by Crippen LogP contribution is 2.30. The van der Waals surface area contributed by atoms with Crippen molar-refractivity contribution in [2.45, 2.75) is 50.5 Å². The minimum absolute atomic E-state index is 0.0651. The van der Waals surface area contributed by atoms with Crippen LogP contribution in [0.3, 0.4) is 0 Å². The molecule has 2 aromatic rings. The lowest BCUT2D eigenvalue weighted by Gasteiger charge is -2.23. The van der Waals surface area contributed by atoms with Crippen LogP contribution in [0.2, 0.25) is 0 Å². The SMILES string of the molecule is CC(C)n1cnc(S(=O)(=O)NC[C@@H]2CCc3nc(C(F)(F)F)cn3C2)c1. The second-order valence-electron chi connectivity index (χ2n) is 6.70. The van der Waals surface area contributed by atoms with Gasteiger partial charge in [0.1, 0.15) is 5.82 Å². The van der Waals surface area contributed by atoms with Crippen LogP contribution >= 0.6 is 0 Å². The highest BCUT2D eigenvalue weighted by molar-refractivity contribution is 7.89. The molecule has 1 N–H and O–H groups in total. The molecule has 26 heavy (non-hydrogen) atoms. The third kappa shape index (κ3) is 3.93. The van der Waals surface area contributed by atoms with E-state index in [4.69, 9.17) is 0 Å². The molecule has 0 aromatic carbocycles. The van der Waals surface area contributed by atoms with E-state index in [9.17, 15) is 21.6 Å². The number of alkyl halides is 3. The van der Waals surface area contributed by atoms with Gasteiger partial charge in [-0.1, -0.05) is 0 Å². The Morgan fingerprint density at radius 2 is 2.08 bits per heavy atom. The molecule has 0 bridgehead atoms. The van der Waals surface area contributed by atoms with Gasteiger partial charge in [0, 0.05) is 37.9 Å². The van der Waals surface area contributed by atoms with Crippen LogP contribution in [-0.2, 0) is 29.2 Å². The maximum Gasteiger partial charge on any atom is 0.434 e. The van der Waals surface area contributed by atoms with Crippen molar-refractivity contribution in [3.8, 4) is 0 Å². The zero-order chi connectivity index (χ0) is 19.1. The van der Waals surface area contributed by atoms with Gasteiger partial charge in [-0.15, -0.1) is 0 Å².